The monoisotopic (exact) mass is 462 g/mol. The van der Waals surface area contributed by atoms with Crippen molar-refractivity contribution in [2.75, 3.05) is 25.7 Å². The smallest absolute Gasteiger partial charge is 0.340 e. The minimum atomic E-state index is -1.87. The van der Waals surface area contributed by atoms with Gasteiger partial charge in [-0.2, -0.15) is 0 Å². The first-order valence-electron chi connectivity index (χ1n) is 8.55. The molecule has 2 aliphatic heterocycles. The van der Waals surface area contributed by atoms with E-state index in [0.29, 0.717) is 15.7 Å². The number of likely N-dealkylation sites (N-methyl/N-ethyl adjacent to an activating group) is 1. The molecule has 1 amide bonds. The molecular formula is C20H19BrN2O6. The van der Waals surface area contributed by atoms with E-state index in [1.54, 1.807) is 25.2 Å². The molecule has 8 nitrogen and oxygen atoms in total. The molecule has 2 N–H and O–H groups in total. The first-order chi connectivity index (χ1) is 13.7. The van der Waals surface area contributed by atoms with Gasteiger partial charge in [-0.1, -0.05) is 28.6 Å². The molecule has 1 atom stereocenters. The van der Waals surface area contributed by atoms with Crippen LogP contribution in [0.25, 0.3) is 0 Å². The number of nitrogens with two attached hydrogens (primary N) is 1. The third-order valence-electron chi connectivity index (χ3n) is 4.89. The van der Waals surface area contributed by atoms with E-state index in [1.165, 1.54) is 17.9 Å². The largest absolute Gasteiger partial charge is 0.465 e. The maximum absolute atomic E-state index is 13.7. The van der Waals surface area contributed by atoms with E-state index in [9.17, 15) is 14.4 Å². The summed E-state index contributed by atoms with van der Waals surface area (Å²) in [4.78, 5) is 40.8. The predicted molar refractivity (Wildman–Crippen MR) is 107 cm³/mol. The van der Waals surface area contributed by atoms with Crippen LogP contribution in [0.5, 0.6) is 0 Å². The number of hydrogen-bond acceptors (Lipinski definition) is 7. The van der Waals surface area contributed by atoms with E-state index in [2.05, 4.69) is 22.5 Å². The molecule has 0 radical (unpaired) electrons. The molecule has 0 aromatic heterocycles. The van der Waals surface area contributed by atoms with Crippen molar-refractivity contribution in [2.45, 2.75) is 12.3 Å². The van der Waals surface area contributed by atoms with Gasteiger partial charge < -0.3 is 24.8 Å². The molecule has 0 saturated carbocycles. The topological polar surface area (TPSA) is 108 Å². The van der Waals surface area contributed by atoms with Crippen LogP contribution in [0.15, 0.2) is 58.1 Å². The number of fused-ring (bicyclic) bond motifs is 2. The van der Waals surface area contributed by atoms with Gasteiger partial charge in [-0.15, -0.1) is 0 Å². The van der Waals surface area contributed by atoms with Crippen LogP contribution >= 0.6 is 15.9 Å². The van der Waals surface area contributed by atoms with Gasteiger partial charge in [-0.3, -0.25) is 4.79 Å². The van der Waals surface area contributed by atoms with Crippen LogP contribution in [-0.4, -0.2) is 38.6 Å². The number of esters is 2. The Kier molecular flexibility index (Phi) is 5.27. The highest BCUT2D eigenvalue weighted by Crippen LogP contribution is 2.54. The summed E-state index contributed by atoms with van der Waals surface area (Å²) in [5.74, 6) is -2.53. The third-order valence-corrected chi connectivity index (χ3v) is 5.38. The number of amides is 1. The number of halogens is 1. The number of allylic oxidation sites excluding steroid dienone is 1. The molecule has 3 rings (SSSR count). The second-order valence-corrected chi connectivity index (χ2v) is 7.34. The molecule has 0 bridgehead atoms. The quantitative estimate of drug-likeness (QED) is 0.538. The molecule has 0 aliphatic carbocycles. The zero-order valence-corrected chi connectivity index (χ0v) is 17.7. The van der Waals surface area contributed by atoms with Crippen molar-refractivity contribution in [1.29, 1.82) is 0 Å². The number of rotatable bonds is 4. The number of benzene rings is 1. The Morgan fingerprint density at radius 3 is 2.66 bits per heavy atom. The van der Waals surface area contributed by atoms with Crippen molar-refractivity contribution < 1.29 is 28.6 Å². The molecular weight excluding hydrogens is 444 g/mol. The summed E-state index contributed by atoms with van der Waals surface area (Å²) in [5.41, 5.74) is 4.65. The lowest BCUT2D eigenvalue weighted by molar-refractivity contribution is -0.142. The summed E-state index contributed by atoms with van der Waals surface area (Å²) < 4.78 is 16.2. The van der Waals surface area contributed by atoms with Crippen molar-refractivity contribution in [1.82, 2.24) is 0 Å². The first kappa shape index (κ1) is 20.7. The van der Waals surface area contributed by atoms with Crippen LogP contribution in [-0.2, 0) is 34.0 Å². The average molecular weight is 463 g/mol. The van der Waals surface area contributed by atoms with Crippen molar-refractivity contribution in [3.8, 4) is 0 Å². The van der Waals surface area contributed by atoms with Gasteiger partial charge in [-0.05, 0) is 25.1 Å². The van der Waals surface area contributed by atoms with Gasteiger partial charge in [0.25, 0.3) is 0 Å². The SMILES string of the molecule is C=CCOC(=O)C1=C(C)OC(N)=C(C(=O)OC)[C@@]12C(=O)N(C)c1ccc(Br)cc12. The maximum atomic E-state index is 13.7. The molecule has 1 aromatic carbocycles. The summed E-state index contributed by atoms with van der Waals surface area (Å²) in [6.07, 6.45) is 1.39. The van der Waals surface area contributed by atoms with Crippen molar-refractivity contribution in [3.63, 3.8) is 0 Å². The fourth-order valence-electron chi connectivity index (χ4n) is 3.76. The lowest BCUT2D eigenvalue weighted by Gasteiger charge is -2.35. The average Bonchev–Trinajstić information content (AvgIpc) is 2.88. The minimum absolute atomic E-state index is 0.0544. The Morgan fingerprint density at radius 2 is 2.03 bits per heavy atom. The van der Waals surface area contributed by atoms with Gasteiger partial charge in [0.15, 0.2) is 0 Å². The Balaban J connectivity index is 2.43. The summed E-state index contributed by atoms with van der Waals surface area (Å²) in [7, 11) is 2.70. The third kappa shape index (κ3) is 2.84. The Hall–Kier alpha value is -3.07. The number of anilines is 1. The molecule has 0 unspecified atom stereocenters. The highest BCUT2D eigenvalue weighted by Gasteiger charge is 2.63. The zero-order chi connectivity index (χ0) is 21.5. The Bertz CT molecular complexity index is 1010. The number of carbonyl (C=O) groups excluding carboxylic acids is 3. The maximum Gasteiger partial charge on any atom is 0.340 e. The second-order valence-electron chi connectivity index (χ2n) is 6.43. The van der Waals surface area contributed by atoms with Crippen molar-refractivity contribution >= 4 is 39.5 Å². The number of hydrogen-bond donors (Lipinski definition) is 1. The van der Waals surface area contributed by atoms with Gasteiger partial charge >= 0.3 is 11.9 Å². The van der Waals surface area contributed by atoms with Gasteiger partial charge in [0, 0.05) is 22.8 Å². The summed E-state index contributed by atoms with van der Waals surface area (Å²) >= 11 is 3.39. The summed E-state index contributed by atoms with van der Waals surface area (Å²) in [6, 6.07) is 5.11. The molecule has 0 saturated heterocycles. The number of ether oxygens (including phenoxy) is 3. The fraction of sp³-hybridized carbons (Fsp3) is 0.250. The number of nitrogens with zero attached hydrogens (tertiary/aromatic N) is 1. The van der Waals surface area contributed by atoms with Crippen LogP contribution in [0, 0.1) is 0 Å². The van der Waals surface area contributed by atoms with Crippen LogP contribution in [0.4, 0.5) is 5.69 Å². The normalized spacial score (nSPS) is 20.6. The predicted octanol–water partition coefficient (Wildman–Crippen LogP) is 2.04. The fourth-order valence-corrected chi connectivity index (χ4v) is 4.12. The standard InChI is InChI=1S/C20H19BrN2O6/c1-5-8-28-18(25)14-10(2)29-16(22)15(17(24)27-4)20(14)12-9-11(21)6-7-13(12)23(3)19(20)26/h5-7,9H,1,8,22H2,2-4H3/t20-/m0/s1. The van der Waals surface area contributed by atoms with Crippen LogP contribution in [0.3, 0.4) is 0 Å². The highest BCUT2D eigenvalue weighted by molar-refractivity contribution is 9.10. The van der Waals surface area contributed by atoms with E-state index in [4.69, 9.17) is 19.9 Å². The number of carbonyl (C=O) groups is 3. The van der Waals surface area contributed by atoms with E-state index in [-0.39, 0.29) is 29.4 Å². The minimum Gasteiger partial charge on any atom is -0.465 e. The summed E-state index contributed by atoms with van der Waals surface area (Å²) in [6.45, 7) is 4.91. The number of methoxy groups -OCH3 is 1. The van der Waals surface area contributed by atoms with E-state index in [1.807, 2.05) is 0 Å². The van der Waals surface area contributed by atoms with Crippen LogP contribution in [0.1, 0.15) is 12.5 Å². The molecule has 0 fully saturated rings. The summed E-state index contributed by atoms with van der Waals surface area (Å²) in [5, 5.41) is 0. The Morgan fingerprint density at radius 1 is 1.34 bits per heavy atom. The lowest BCUT2D eigenvalue weighted by Crippen LogP contribution is -2.50. The molecule has 29 heavy (non-hydrogen) atoms. The van der Waals surface area contributed by atoms with Gasteiger partial charge in [0.2, 0.25) is 11.8 Å². The molecule has 2 heterocycles. The molecule has 9 heteroatoms. The Labute approximate surface area is 175 Å². The van der Waals surface area contributed by atoms with Crippen molar-refractivity contribution in [3.05, 3.63) is 63.7 Å². The van der Waals surface area contributed by atoms with Crippen LogP contribution < -0.4 is 10.6 Å². The van der Waals surface area contributed by atoms with Gasteiger partial charge in [-0.25, -0.2) is 9.59 Å². The van der Waals surface area contributed by atoms with E-state index in [0.717, 1.165) is 7.11 Å². The van der Waals surface area contributed by atoms with E-state index < -0.39 is 23.3 Å². The molecule has 1 aromatic rings. The zero-order valence-electron chi connectivity index (χ0n) is 16.1. The van der Waals surface area contributed by atoms with Crippen molar-refractivity contribution in [2.24, 2.45) is 5.73 Å². The second kappa shape index (κ2) is 7.40. The van der Waals surface area contributed by atoms with Crippen LogP contribution in [0.2, 0.25) is 0 Å². The molecule has 1 spiro atoms. The van der Waals surface area contributed by atoms with Gasteiger partial charge in [0.05, 0.1) is 7.11 Å². The first-order valence-corrected chi connectivity index (χ1v) is 9.35. The lowest BCUT2D eigenvalue weighted by atomic mass is 9.67. The molecule has 152 valence electrons. The van der Waals surface area contributed by atoms with E-state index >= 15 is 0 Å². The van der Waals surface area contributed by atoms with Gasteiger partial charge in [0.1, 0.15) is 28.9 Å². The highest BCUT2D eigenvalue weighted by atomic mass is 79.9. The molecule has 2 aliphatic rings.